The molecule has 0 aromatic heterocycles. The molecular weight excluding hydrogens is 239 g/mol. The minimum Gasteiger partial charge on any atom is -0.748 e. The summed E-state index contributed by atoms with van der Waals surface area (Å²) in [6, 6.07) is 0. The summed E-state index contributed by atoms with van der Waals surface area (Å²) in [6.45, 7) is 3.65. The van der Waals surface area contributed by atoms with Crippen molar-refractivity contribution in [3.8, 4) is 0 Å². The third-order valence-electron chi connectivity index (χ3n) is 2.46. The van der Waals surface area contributed by atoms with Crippen molar-refractivity contribution in [1.29, 1.82) is 0 Å². The van der Waals surface area contributed by atoms with Crippen molar-refractivity contribution < 1.29 is 64.4 Å². The summed E-state index contributed by atoms with van der Waals surface area (Å²) >= 11 is 0. The number of unbranched alkanes of at least 4 members (excludes halogenated alkanes) is 5. The third-order valence-corrected chi connectivity index (χ3v) is 3.68. The van der Waals surface area contributed by atoms with Crippen LogP contribution in [0.5, 0.6) is 0 Å². The van der Waals surface area contributed by atoms with Gasteiger partial charge in [0.1, 0.15) is 0 Å². The van der Waals surface area contributed by atoms with E-state index < -0.39 is 15.4 Å². The first-order chi connectivity index (χ1) is 6.48. The van der Waals surface area contributed by atoms with E-state index >= 15 is 0 Å². The maximum Gasteiger partial charge on any atom is 1.00 e. The zero-order valence-electron chi connectivity index (χ0n) is 10.2. The van der Waals surface area contributed by atoms with E-state index in [-0.39, 0.29) is 51.4 Å². The average Bonchev–Trinajstić information content (AvgIpc) is 2.09. The Bertz CT molecular complexity index is 227. The van der Waals surface area contributed by atoms with E-state index in [1.165, 1.54) is 26.2 Å². The van der Waals surface area contributed by atoms with E-state index in [1.54, 1.807) is 0 Å². The van der Waals surface area contributed by atoms with Crippen LogP contribution in [-0.2, 0) is 10.1 Å². The van der Waals surface area contributed by atoms with Crippen molar-refractivity contribution in [1.82, 2.24) is 0 Å². The van der Waals surface area contributed by atoms with Crippen molar-refractivity contribution >= 4 is 10.1 Å². The average molecular weight is 260 g/mol. The first kappa shape index (κ1) is 18.9. The molecule has 0 N–H and O–H groups in total. The predicted molar refractivity (Wildman–Crippen MR) is 57.2 cm³/mol. The van der Waals surface area contributed by atoms with Crippen molar-refractivity contribution in [2.75, 3.05) is 0 Å². The maximum atomic E-state index is 10.5. The number of hydrogen-bond donors (Lipinski definition) is 0. The van der Waals surface area contributed by atoms with Gasteiger partial charge < -0.3 is 4.55 Å². The van der Waals surface area contributed by atoms with Gasteiger partial charge in [-0.25, -0.2) is 8.42 Å². The summed E-state index contributed by atoms with van der Waals surface area (Å²) in [5.41, 5.74) is 0. The fraction of sp³-hybridized carbons (Fsp3) is 1.00. The molecule has 0 amide bonds. The molecule has 0 bridgehead atoms. The summed E-state index contributed by atoms with van der Waals surface area (Å²) in [7, 11) is -4.05. The predicted octanol–water partition coefficient (Wildman–Crippen LogP) is -0.325. The van der Waals surface area contributed by atoms with Gasteiger partial charge in [0.2, 0.25) is 0 Å². The first-order valence-electron chi connectivity index (χ1n) is 5.43. The second-order valence-electron chi connectivity index (χ2n) is 3.86. The van der Waals surface area contributed by atoms with E-state index in [0.29, 0.717) is 6.42 Å². The van der Waals surface area contributed by atoms with Crippen molar-refractivity contribution in [3.63, 3.8) is 0 Å². The van der Waals surface area contributed by atoms with Crippen LogP contribution in [0.4, 0.5) is 0 Å². The van der Waals surface area contributed by atoms with E-state index in [2.05, 4.69) is 6.92 Å². The number of rotatable bonds is 8. The van der Waals surface area contributed by atoms with E-state index in [9.17, 15) is 13.0 Å². The van der Waals surface area contributed by atoms with Crippen molar-refractivity contribution in [2.24, 2.45) is 0 Å². The normalized spacial score (nSPS) is 13.3. The molecule has 0 heterocycles. The van der Waals surface area contributed by atoms with Crippen molar-refractivity contribution in [3.05, 3.63) is 0 Å². The summed E-state index contributed by atoms with van der Waals surface area (Å²) in [5.74, 6) is 0. The Morgan fingerprint density at radius 2 is 1.53 bits per heavy atom. The van der Waals surface area contributed by atoms with Crippen LogP contribution < -0.4 is 51.4 Å². The SMILES string of the molecule is CCCCCCCCC(C)S(=O)(=O)[O-].[K+]. The van der Waals surface area contributed by atoms with Gasteiger partial charge >= 0.3 is 51.4 Å². The van der Waals surface area contributed by atoms with Crippen LogP contribution in [0, 0.1) is 0 Å². The van der Waals surface area contributed by atoms with Crippen LogP contribution in [-0.4, -0.2) is 18.2 Å². The molecule has 1 unspecified atom stereocenters. The molecule has 0 aromatic rings. The molecule has 5 heteroatoms. The number of hydrogen-bond acceptors (Lipinski definition) is 3. The topological polar surface area (TPSA) is 57.2 Å². The van der Waals surface area contributed by atoms with Gasteiger partial charge in [-0.05, 0) is 13.3 Å². The van der Waals surface area contributed by atoms with Gasteiger partial charge in [-0.3, -0.25) is 0 Å². The zero-order chi connectivity index (χ0) is 11.0. The zero-order valence-corrected chi connectivity index (χ0v) is 14.1. The van der Waals surface area contributed by atoms with Gasteiger partial charge in [0.05, 0.1) is 10.1 Å². The molecule has 86 valence electrons. The van der Waals surface area contributed by atoms with Gasteiger partial charge in [-0.15, -0.1) is 0 Å². The quantitative estimate of drug-likeness (QED) is 0.341. The molecule has 15 heavy (non-hydrogen) atoms. The van der Waals surface area contributed by atoms with Gasteiger partial charge in [0.25, 0.3) is 0 Å². The van der Waals surface area contributed by atoms with Crippen LogP contribution in [0.25, 0.3) is 0 Å². The monoisotopic (exact) mass is 260 g/mol. The maximum absolute atomic E-state index is 10.5. The molecule has 3 nitrogen and oxygen atoms in total. The minimum atomic E-state index is -4.05. The van der Waals surface area contributed by atoms with E-state index in [4.69, 9.17) is 0 Å². The summed E-state index contributed by atoms with van der Waals surface area (Å²) < 4.78 is 31.6. The Hall–Kier alpha value is 1.55. The second-order valence-corrected chi connectivity index (χ2v) is 5.65. The van der Waals surface area contributed by atoms with Gasteiger partial charge in [0.15, 0.2) is 0 Å². The summed E-state index contributed by atoms with van der Waals surface area (Å²) in [4.78, 5) is 0. The van der Waals surface area contributed by atoms with E-state index in [1.807, 2.05) is 0 Å². The minimum absolute atomic E-state index is 0. The van der Waals surface area contributed by atoms with Crippen LogP contribution in [0.15, 0.2) is 0 Å². The molecule has 0 radical (unpaired) electrons. The Labute approximate surface area is 137 Å². The first-order valence-corrected chi connectivity index (χ1v) is 6.90. The summed E-state index contributed by atoms with van der Waals surface area (Å²) in [6.07, 6.45) is 7.24. The molecule has 0 aliphatic heterocycles. The summed E-state index contributed by atoms with van der Waals surface area (Å²) in [5, 5.41) is -0.714. The van der Waals surface area contributed by atoms with Gasteiger partial charge in [0, 0.05) is 5.25 Å². The molecule has 0 aliphatic rings. The van der Waals surface area contributed by atoms with Gasteiger partial charge in [-0.2, -0.15) is 0 Å². The third kappa shape index (κ3) is 11.8. The smallest absolute Gasteiger partial charge is 0.748 e. The second kappa shape index (κ2) is 10.7. The molecule has 0 rings (SSSR count). The van der Waals surface area contributed by atoms with Crippen molar-refractivity contribution in [2.45, 2.75) is 64.0 Å². The van der Waals surface area contributed by atoms with Gasteiger partial charge in [-0.1, -0.05) is 45.4 Å². The molecule has 0 aromatic carbocycles. The molecule has 0 saturated carbocycles. The Balaban J connectivity index is 0. The molecule has 0 fully saturated rings. The standard InChI is InChI=1S/C10H22O3S.K/c1-3-4-5-6-7-8-9-10(2)14(11,12)13;/h10H,3-9H2,1-2H3,(H,11,12,13);/q;+1/p-1. The molecule has 0 aliphatic carbocycles. The fourth-order valence-electron chi connectivity index (χ4n) is 1.36. The molecule has 0 saturated heterocycles. The fourth-order valence-corrected chi connectivity index (χ4v) is 1.81. The largest absolute Gasteiger partial charge is 1.00 e. The Kier molecular flexibility index (Phi) is 13.5. The molecule has 1 atom stereocenters. The Morgan fingerprint density at radius 1 is 1.07 bits per heavy atom. The molecule has 0 spiro atoms. The van der Waals surface area contributed by atoms with Crippen LogP contribution in [0.3, 0.4) is 0 Å². The van der Waals surface area contributed by atoms with Crippen LogP contribution in [0.2, 0.25) is 0 Å². The Morgan fingerprint density at radius 3 is 2.00 bits per heavy atom. The van der Waals surface area contributed by atoms with E-state index in [0.717, 1.165) is 19.3 Å². The van der Waals surface area contributed by atoms with Crippen LogP contribution >= 0.6 is 0 Å². The molecular formula is C10H21KO3S. The van der Waals surface area contributed by atoms with Crippen LogP contribution in [0.1, 0.15) is 58.8 Å².